The van der Waals surface area contributed by atoms with Gasteiger partial charge in [0.25, 0.3) is 0 Å². The molecule has 0 aliphatic rings. The number of hydrogen-bond donors (Lipinski definition) is 0. The number of hydrogen-bond acceptors (Lipinski definition) is 1. The van der Waals surface area contributed by atoms with E-state index < -0.39 is 17.4 Å². The van der Waals surface area contributed by atoms with Gasteiger partial charge in [-0.05, 0) is 23.8 Å². The van der Waals surface area contributed by atoms with Crippen LogP contribution in [0.4, 0.5) is 8.78 Å². The molecule has 5 heteroatoms. The number of carbonyl (C=O) groups excluding carboxylic acids is 1. The van der Waals surface area contributed by atoms with Gasteiger partial charge in [0.2, 0.25) is 0 Å². The van der Waals surface area contributed by atoms with Crippen molar-refractivity contribution in [1.82, 2.24) is 0 Å². The average Bonchev–Trinajstić information content (AvgIpc) is 2.38. The summed E-state index contributed by atoms with van der Waals surface area (Å²) >= 11 is 11.3. The number of Topliss-reactive ketones (excluding diaryl/α,β-unsaturated/α-hetero) is 1. The third kappa shape index (κ3) is 2.94. The summed E-state index contributed by atoms with van der Waals surface area (Å²) in [4.78, 5) is 12.0. The molecular weight excluding hydrogens is 293 g/mol. The van der Waals surface area contributed by atoms with E-state index in [1.165, 1.54) is 24.3 Å². The Kier molecular flexibility index (Phi) is 4.17. The van der Waals surface area contributed by atoms with Gasteiger partial charge in [-0.15, -0.1) is 0 Å². The van der Waals surface area contributed by atoms with Gasteiger partial charge in [-0.1, -0.05) is 41.4 Å². The van der Waals surface area contributed by atoms with Gasteiger partial charge in [-0.25, -0.2) is 8.78 Å². The monoisotopic (exact) mass is 300 g/mol. The number of halogens is 4. The zero-order chi connectivity index (χ0) is 14.0. The van der Waals surface area contributed by atoms with E-state index in [2.05, 4.69) is 0 Å². The van der Waals surface area contributed by atoms with Crippen LogP contribution in [0.1, 0.15) is 15.9 Å². The number of rotatable bonds is 3. The molecule has 0 radical (unpaired) electrons. The van der Waals surface area contributed by atoms with Gasteiger partial charge in [-0.2, -0.15) is 0 Å². The van der Waals surface area contributed by atoms with Gasteiger partial charge >= 0.3 is 0 Å². The standard InChI is InChI=1S/C14H8Cl2F2O/c15-10-5-1-3-8(14(10)18)7-12(19)9-4-2-6-11(17)13(9)16/h1-6H,7H2. The number of benzene rings is 2. The highest BCUT2D eigenvalue weighted by atomic mass is 35.5. The lowest BCUT2D eigenvalue weighted by Crippen LogP contribution is -2.07. The van der Waals surface area contributed by atoms with E-state index in [0.29, 0.717) is 0 Å². The molecule has 2 aromatic rings. The smallest absolute Gasteiger partial charge is 0.168 e. The van der Waals surface area contributed by atoms with Crippen molar-refractivity contribution >= 4 is 29.0 Å². The molecule has 0 fully saturated rings. The molecule has 0 spiro atoms. The molecule has 0 saturated heterocycles. The predicted molar refractivity (Wildman–Crippen MR) is 70.9 cm³/mol. The van der Waals surface area contributed by atoms with Crippen LogP contribution in [0.3, 0.4) is 0 Å². The molecule has 1 nitrogen and oxygen atoms in total. The summed E-state index contributed by atoms with van der Waals surface area (Å²) in [7, 11) is 0. The molecule has 0 heterocycles. The Labute approximate surface area is 118 Å². The predicted octanol–water partition coefficient (Wildman–Crippen LogP) is 4.70. The van der Waals surface area contributed by atoms with Crippen LogP contribution in [0.5, 0.6) is 0 Å². The van der Waals surface area contributed by atoms with Crippen LogP contribution in [-0.4, -0.2) is 5.78 Å². The first-order chi connectivity index (χ1) is 9.00. The lowest BCUT2D eigenvalue weighted by atomic mass is 10.0. The van der Waals surface area contributed by atoms with Crippen molar-refractivity contribution in [3.05, 3.63) is 69.2 Å². The summed E-state index contributed by atoms with van der Waals surface area (Å²) in [5.41, 5.74) is 0.180. The van der Waals surface area contributed by atoms with Crippen molar-refractivity contribution in [2.24, 2.45) is 0 Å². The second-order valence-electron chi connectivity index (χ2n) is 3.91. The lowest BCUT2D eigenvalue weighted by Gasteiger charge is -2.06. The maximum Gasteiger partial charge on any atom is 0.168 e. The van der Waals surface area contributed by atoms with Crippen molar-refractivity contribution in [3.63, 3.8) is 0 Å². The van der Waals surface area contributed by atoms with Gasteiger partial charge in [0.1, 0.15) is 11.6 Å². The topological polar surface area (TPSA) is 17.1 Å². The minimum Gasteiger partial charge on any atom is -0.294 e. The highest BCUT2D eigenvalue weighted by Gasteiger charge is 2.16. The van der Waals surface area contributed by atoms with Crippen LogP contribution < -0.4 is 0 Å². The zero-order valence-electron chi connectivity index (χ0n) is 9.59. The Balaban J connectivity index is 2.31. The van der Waals surface area contributed by atoms with Crippen LogP contribution in [0.2, 0.25) is 10.0 Å². The van der Waals surface area contributed by atoms with E-state index >= 15 is 0 Å². The fourth-order valence-corrected chi connectivity index (χ4v) is 2.10. The third-order valence-electron chi connectivity index (χ3n) is 2.63. The summed E-state index contributed by atoms with van der Waals surface area (Å²) in [5.74, 6) is -1.80. The molecule has 2 rings (SSSR count). The molecule has 0 amide bonds. The Morgan fingerprint density at radius 1 is 1.05 bits per heavy atom. The normalized spacial score (nSPS) is 10.5. The molecule has 0 aliphatic heterocycles. The van der Waals surface area contributed by atoms with Crippen LogP contribution >= 0.6 is 23.2 Å². The van der Waals surface area contributed by atoms with E-state index in [0.717, 1.165) is 6.07 Å². The summed E-state index contributed by atoms with van der Waals surface area (Å²) < 4.78 is 26.9. The van der Waals surface area contributed by atoms with E-state index in [1.807, 2.05) is 0 Å². The molecule has 0 N–H and O–H groups in total. The lowest BCUT2D eigenvalue weighted by molar-refractivity contribution is 0.0991. The van der Waals surface area contributed by atoms with E-state index in [1.54, 1.807) is 6.07 Å². The molecular formula is C14H8Cl2F2O. The van der Waals surface area contributed by atoms with Crippen molar-refractivity contribution in [1.29, 1.82) is 0 Å². The minimum absolute atomic E-state index is 0.0287. The highest BCUT2D eigenvalue weighted by Crippen LogP contribution is 2.23. The maximum atomic E-state index is 13.7. The fourth-order valence-electron chi connectivity index (χ4n) is 1.67. The maximum absolute atomic E-state index is 13.7. The van der Waals surface area contributed by atoms with Crippen LogP contribution in [0.15, 0.2) is 36.4 Å². The average molecular weight is 301 g/mol. The zero-order valence-corrected chi connectivity index (χ0v) is 11.1. The van der Waals surface area contributed by atoms with Gasteiger partial charge in [0, 0.05) is 12.0 Å². The molecule has 98 valence electrons. The van der Waals surface area contributed by atoms with Crippen molar-refractivity contribution < 1.29 is 13.6 Å². The molecule has 0 atom stereocenters. The minimum atomic E-state index is -0.681. The second-order valence-corrected chi connectivity index (χ2v) is 4.70. The number of ketones is 1. The molecule has 0 bridgehead atoms. The quantitative estimate of drug-likeness (QED) is 0.751. The van der Waals surface area contributed by atoms with E-state index in [4.69, 9.17) is 23.2 Å². The van der Waals surface area contributed by atoms with Gasteiger partial charge in [-0.3, -0.25) is 4.79 Å². The van der Waals surface area contributed by atoms with Crippen molar-refractivity contribution in [2.75, 3.05) is 0 Å². The first-order valence-corrected chi connectivity index (χ1v) is 6.16. The van der Waals surface area contributed by atoms with E-state index in [9.17, 15) is 13.6 Å². The van der Waals surface area contributed by atoms with Crippen LogP contribution in [-0.2, 0) is 6.42 Å². The van der Waals surface area contributed by atoms with Gasteiger partial charge < -0.3 is 0 Å². The van der Waals surface area contributed by atoms with Crippen LogP contribution in [0.25, 0.3) is 0 Å². The summed E-state index contributed by atoms with van der Waals surface area (Å²) in [6.45, 7) is 0. The summed E-state index contributed by atoms with van der Waals surface area (Å²) in [5, 5.41) is -0.314. The van der Waals surface area contributed by atoms with Crippen molar-refractivity contribution in [2.45, 2.75) is 6.42 Å². The highest BCUT2D eigenvalue weighted by molar-refractivity contribution is 6.34. The molecule has 0 aliphatic carbocycles. The molecule has 0 saturated carbocycles. The Bertz CT molecular complexity index is 641. The van der Waals surface area contributed by atoms with Crippen LogP contribution in [0, 0.1) is 11.6 Å². The Morgan fingerprint density at radius 2 is 1.74 bits per heavy atom. The Hall–Kier alpha value is -1.45. The third-order valence-corrected chi connectivity index (χ3v) is 3.31. The van der Waals surface area contributed by atoms with Gasteiger partial charge in [0.05, 0.1) is 10.0 Å². The summed E-state index contributed by atoms with van der Waals surface area (Å²) in [6.07, 6.45) is -0.227. The summed E-state index contributed by atoms with van der Waals surface area (Å²) in [6, 6.07) is 8.31. The molecule has 0 unspecified atom stereocenters. The molecule has 0 aromatic heterocycles. The fraction of sp³-hybridized carbons (Fsp3) is 0.0714. The van der Waals surface area contributed by atoms with E-state index in [-0.39, 0.29) is 27.6 Å². The first-order valence-electron chi connectivity index (χ1n) is 5.41. The largest absolute Gasteiger partial charge is 0.294 e. The molecule has 2 aromatic carbocycles. The SMILES string of the molecule is O=C(Cc1cccc(Cl)c1F)c1cccc(F)c1Cl. The van der Waals surface area contributed by atoms with Gasteiger partial charge in [0.15, 0.2) is 5.78 Å². The molecule has 19 heavy (non-hydrogen) atoms. The Morgan fingerprint density at radius 3 is 2.47 bits per heavy atom. The van der Waals surface area contributed by atoms with Crippen molar-refractivity contribution in [3.8, 4) is 0 Å². The second kappa shape index (κ2) is 5.68. The first kappa shape index (κ1) is 14.0. The number of carbonyl (C=O) groups is 1.